The average molecular weight is 333 g/mol. The minimum atomic E-state index is -3.10. The van der Waals surface area contributed by atoms with Crippen LogP contribution >= 0.6 is 0 Å². The summed E-state index contributed by atoms with van der Waals surface area (Å²) < 4.78 is 23.4. The fraction of sp³-hybridized carbons (Fsp3) is 0.933. The number of aliphatic imine (C=N–C) groups is 1. The first kappa shape index (κ1) is 19.2. The van der Waals surface area contributed by atoms with Gasteiger partial charge in [-0.1, -0.05) is 6.92 Å². The molecule has 1 heterocycles. The zero-order valence-electron chi connectivity index (χ0n) is 14.6. The lowest BCUT2D eigenvalue weighted by Gasteiger charge is -2.24. The van der Waals surface area contributed by atoms with E-state index in [1.165, 1.54) is 19.4 Å². The highest BCUT2D eigenvalue weighted by atomic mass is 32.2. The zero-order chi connectivity index (χ0) is 16.8. The maximum atomic E-state index is 12.1. The highest BCUT2D eigenvalue weighted by molar-refractivity contribution is 7.92. The number of hydrogen-bond acceptors (Lipinski definition) is 4. The molecule has 1 saturated heterocycles. The summed E-state index contributed by atoms with van der Waals surface area (Å²) in [7, 11) is -1.39. The Morgan fingerprint density at radius 2 is 2.00 bits per heavy atom. The van der Waals surface area contributed by atoms with Crippen LogP contribution in [0.25, 0.3) is 0 Å². The van der Waals surface area contributed by atoms with Gasteiger partial charge in [0.05, 0.1) is 10.5 Å². The largest absolute Gasteiger partial charge is 0.355 e. The maximum Gasteiger partial charge on any atom is 0.191 e. The molecule has 1 fully saturated rings. The Bertz CT molecular complexity index is 468. The molecule has 0 radical (unpaired) electrons. The second-order valence-corrected chi connectivity index (χ2v) is 9.60. The molecule has 0 spiro atoms. The summed E-state index contributed by atoms with van der Waals surface area (Å²) in [5.41, 5.74) is 0. The normalized spacial score (nSPS) is 21.1. The van der Waals surface area contributed by atoms with Gasteiger partial charge < -0.3 is 10.6 Å². The molecular formula is C15H32N4O2S. The molecule has 22 heavy (non-hydrogen) atoms. The number of sulfone groups is 1. The van der Waals surface area contributed by atoms with Gasteiger partial charge in [-0.25, -0.2) is 8.42 Å². The highest BCUT2D eigenvalue weighted by Gasteiger charge is 2.28. The number of guanidine groups is 1. The molecule has 0 saturated carbocycles. The van der Waals surface area contributed by atoms with Crippen molar-refractivity contribution in [1.82, 2.24) is 15.5 Å². The van der Waals surface area contributed by atoms with Gasteiger partial charge in [-0.2, -0.15) is 0 Å². The molecular weight excluding hydrogens is 300 g/mol. The third-order valence-corrected chi connectivity index (χ3v) is 6.84. The molecule has 1 rings (SSSR count). The van der Waals surface area contributed by atoms with Crippen molar-refractivity contribution >= 4 is 15.8 Å². The maximum absolute atomic E-state index is 12.1. The van der Waals surface area contributed by atoms with Gasteiger partial charge in [0.15, 0.2) is 15.8 Å². The summed E-state index contributed by atoms with van der Waals surface area (Å²) in [6.45, 7) is 10.8. The molecule has 0 aromatic rings. The topological polar surface area (TPSA) is 73.8 Å². The summed E-state index contributed by atoms with van der Waals surface area (Å²) in [5, 5.41) is 6.40. The molecule has 0 aromatic carbocycles. The Morgan fingerprint density at radius 3 is 2.55 bits per heavy atom. The van der Waals surface area contributed by atoms with Gasteiger partial charge in [0.2, 0.25) is 0 Å². The number of rotatable bonds is 6. The molecule has 1 aliphatic rings. The van der Waals surface area contributed by atoms with E-state index in [1.807, 2.05) is 0 Å². The van der Waals surface area contributed by atoms with Gasteiger partial charge >= 0.3 is 0 Å². The highest BCUT2D eigenvalue weighted by Crippen LogP contribution is 2.16. The molecule has 130 valence electrons. The van der Waals surface area contributed by atoms with E-state index < -0.39 is 14.6 Å². The van der Waals surface area contributed by atoms with Crippen molar-refractivity contribution in [2.45, 2.75) is 51.3 Å². The lowest BCUT2D eigenvalue weighted by Crippen LogP contribution is -2.46. The third-order valence-electron chi connectivity index (χ3n) is 4.23. The SMILES string of the molecule is CCN1CCCC1CNC(=NC)NCCS(=O)(=O)C(C)(C)C. The summed E-state index contributed by atoms with van der Waals surface area (Å²) in [4.78, 5) is 6.63. The number of likely N-dealkylation sites (tertiary alicyclic amines) is 1. The molecule has 6 nitrogen and oxygen atoms in total. The van der Waals surface area contributed by atoms with E-state index in [2.05, 4.69) is 27.4 Å². The fourth-order valence-corrected chi connectivity index (χ4v) is 3.57. The quantitative estimate of drug-likeness (QED) is 0.557. The van der Waals surface area contributed by atoms with Crippen molar-refractivity contribution in [3.8, 4) is 0 Å². The number of nitrogens with one attached hydrogen (secondary N) is 2. The second kappa shape index (κ2) is 8.15. The van der Waals surface area contributed by atoms with Crippen LogP contribution in [-0.2, 0) is 9.84 Å². The Hall–Kier alpha value is -0.820. The zero-order valence-corrected chi connectivity index (χ0v) is 15.5. The van der Waals surface area contributed by atoms with Gasteiger partial charge in [0.25, 0.3) is 0 Å². The van der Waals surface area contributed by atoms with Gasteiger partial charge in [-0.05, 0) is 46.7 Å². The first-order chi connectivity index (χ1) is 10.2. The van der Waals surface area contributed by atoms with Crippen molar-refractivity contribution in [3.63, 3.8) is 0 Å². The molecule has 0 aromatic heterocycles. The van der Waals surface area contributed by atoms with Gasteiger partial charge in [0.1, 0.15) is 0 Å². The van der Waals surface area contributed by atoms with E-state index in [1.54, 1.807) is 27.8 Å². The average Bonchev–Trinajstić information content (AvgIpc) is 2.88. The van der Waals surface area contributed by atoms with Crippen molar-refractivity contribution in [2.75, 3.05) is 39.0 Å². The van der Waals surface area contributed by atoms with Crippen LogP contribution in [0.2, 0.25) is 0 Å². The Balaban J connectivity index is 2.38. The fourth-order valence-electron chi connectivity index (χ4n) is 2.59. The standard InChI is InChI=1S/C15H32N4O2S/c1-6-19-10-7-8-13(19)12-18-14(16-5)17-9-11-22(20,21)15(2,3)4/h13H,6-12H2,1-5H3,(H2,16,17,18). The number of likely N-dealkylation sites (N-methyl/N-ethyl adjacent to an activating group) is 1. The van der Waals surface area contributed by atoms with E-state index in [9.17, 15) is 8.42 Å². The predicted octanol–water partition coefficient (Wildman–Crippen LogP) is 0.849. The monoisotopic (exact) mass is 332 g/mol. The van der Waals surface area contributed by atoms with Crippen LogP contribution in [0.1, 0.15) is 40.5 Å². The minimum absolute atomic E-state index is 0.113. The molecule has 7 heteroatoms. The van der Waals surface area contributed by atoms with E-state index >= 15 is 0 Å². The molecule has 0 bridgehead atoms. The van der Waals surface area contributed by atoms with E-state index in [4.69, 9.17) is 0 Å². The predicted molar refractivity (Wildman–Crippen MR) is 93.2 cm³/mol. The molecule has 1 unspecified atom stereocenters. The van der Waals surface area contributed by atoms with Gasteiger partial charge in [-0.3, -0.25) is 9.89 Å². The molecule has 1 atom stereocenters. The van der Waals surface area contributed by atoms with Crippen molar-refractivity contribution in [1.29, 1.82) is 0 Å². The third kappa shape index (κ3) is 5.43. The van der Waals surface area contributed by atoms with E-state index in [0.717, 1.165) is 13.1 Å². The molecule has 1 aliphatic heterocycles. The van der Waals surface area contributed by atoms with Crippen molar-refractivity contribution in [2.24, 2.45) is 4.99 Å². The van der Waals surface area contributed by atoms with Crippen LogP contribution in [0.5, 0.6) is 0 Å². The number of nitrogens with zero attached hydrogens (tertiary/aromatic N) is 2. The van der Waals surface area contributed by atoms with Gasteiger partial charge in [-0.15, -0.1) is 0 Å². The minimum Gasteiger partial charge on any atom is -0.355 e. The number of hydrogen-bond donors (Lipinski definition) is 2. The lowest BCUT2D eigenvalue weighted by molar-refractivity contribution is 0.267. The van der Waals surface area contributed by atoms with Crippen molar-refractivity contribution in [3.05, 3.63) is 0 Å². The Kier molecular flexibility index (Phi) is 7.12. The smallest absolute Gasteiger partial charge is 0.191 e. The Labute approximate surface area is 135 Å². The molecule has 2 N–H and O–H groups in total. The van der Waals surface area contributed by atoms with E-state index in [-0.39, 0.29) is 5.75 Å². The van der Waals surface area contributed by atoms with E-state index in [0.29, 0.717) is 18.5 Å². The first-order valence-corrected chi connectivity index (χ1v) is 9.77. The Morgan fingerprint density at radius 1 is 1.32 bits per heavy atom. The van der Waals surface area contributed by atoms with Crippen LogP contribution in [0.4, 0.5) is 0 Å². The van der Waals surface area contributed by atoms with Crippen LogP contribution in [0, 0.1) is 0 Å². The van der Waals surface area contributed by atoms with Crippen LogP contribution in [0.3, 0.4) is 0 Å². The molecule has 0 aliphatic carbocycles. The van der Waals surface area contributed by atoms with Crippen LogP contribution in [0.15, 0.2) is 4.99 Å². The summed E-state index contributed by atoms with van der Waals surface area (Å²) in [5.74, 6) is 0.786. The van der Waals surface area contributed by atoms with Gasteiger partial charge in [0, 0.05) is 26.2 Å². The van der Waals surface area contributed by atoms with Crippen LogP contribution in [-0.4, -0.2) is 69.0 Å². The van der Waals surface area contributed by atoms with Crippen molar-refractivity contribution < 1.29 is 8.42 Å². The second-order valence-electron chi connectivity index (χ2n) is 6.74. The summed E-state index contributed by atoms with van der Waals surface area (Å²) in [6.07, 6.45) is 2.45. The van der Waals surface area contributed by atoms with Crippen LogP contribution < -0.4 is 10.6 Å². The summed E-state index contributed by atoms with van der Waals surface area (Å²) >= 11 is 0. The first-order valence-electron chi connectivity index (χ1n) is 8.12. The lowest BCUT2D eigenvalue weighted by atomic mass is 10.2. The summed E-state index contributed by atoms with van der Waals surface area (Å²) in [6, 6.07) is 0.543. The molecule has 0 amide bonds.